The van der Waals surface area contributed by atoms with E-state index in [1.165, 1.54) is 0 Å². The van der Waals surface area contributed by atoms with Gasteiger partial charge in [-0.3, -0.25) is 14.6 Å². The smallest absolute Gasteiger partial charge is 0.241 e. The van der Waals surface area contributed by atoms with Crippen LogP contribution in [0.1, 0.15) is 25.2 Å². The summed E-state index contributed by atoms with van der Waals surface area (Å²) in [6.07, 6.45) is 2.71. The zero-order chi connectivity index (χ0) is 21.5. The summed E-state index contributed by atoms with van der Waals surface area (Å²) in [5.74, 6) is 1.50. The number of piperidine rings is 1. The molecule has 1 N–H and O–H groups in total. The molecule has 0 unspecified atom stereocenters. The van der Waals surface area contributed by atoms with Crippen molar-refractivity contribution in [3.05, 3.63) is 34.6 Å². The van der Waals surface area contributed by atoms with Gasteiger partial charge in [0.2, 0.25) is 17.6 Å². The number of nitrogens with zero attached hydrogens (tertiary/aromatic N) is 4. The van der Waals surface area contributed by atoms with Gasteiger partial charge in [-0.05, 0) is 51.0 Å². The van der Waals surface area contributed by atoms with Gasteiger partial charge in [-0.15, -0.1) is 0 Å². The third kappa shape index (κ3) is 6.58. The van der Waals surface area contributed by atoms with Crippen LogP contribution in [-0.4, -0.2) is 78.3 Å². The summed E-state index contributed by atoms with van der Waals surface area (Å²) < 4.78 is 11.8. The molecule has 31 heavy (non-hydrogen) atoms. The van der Waals surface area contributed by atoms with Crippen molar-refractivity contribution in [2.75, 3.05) is 52.5 Å². The summed E-state index contributed by atoms with van der Waals surface area (Å²) in [5.41, 5.74) is 0.924. The Labute approximate surface area is 191 Å². The maximum Gasteiger partial charge on any atom is 0.241 e. The van der Waals surface area contributed by atoms with Crippen molar-refractivity contribution in [3.8, 4) is 11.4 Å². The van der Waals surface area contributed by atoms with Gasteiger partial charge in [0.05, 0.1) is 19.8 Å². The van der Waals surface area contributed by atoms with Crippen molar-refractivity contribution in [2.24, 2.45) is 5.92 Å². The highest BCUT2D eigenvalue weighted by Crippen LogP contribution is 2.22. The van der Waals surface area contributed by atoms with E-state index in [-0.39, 0.29) is 11.8 Å². The van der Waals surface area contributed by atoms with Gasteiger partial charge < -0.3 is 14.6 Å². The maximum absolute atomic E-state index is 12.5. The molecule has 1 aromatic heterocycles. The van der Waals surface area contributed by atoms with Crippen molar-refractivity contribution in [3.63, 3.8) is 0 Å². The number of morpholine rings is 1. The molecule has 0 bridgehead atoms. The summed E-state index contributed by atoms with van der Waals surface area (Å²) in [7, 11) is 0. The van der Waals surface area contributed by atoms with E-state index in [0.29, 0.717) is 18.3 Å². The van der Waals surface area contributed by atoms with Crippen LogP contribution in [0.25, 0.3) is 11.4 Å². The van der Waals surface area contributed by atoms with Crippen LogP contribution in [0, 0.1) is 5.92 Å². The monoisotopic (exact) mass is 491 g/mol. The van der Waals surface area contributed by atoms with Crippen LogP contribution in [0.5, 0.6) is 0 Å². The van der Waals surface area contributed by atoms with Gasteiger partial charge in [-0.2, -0.15) is 4.98 Å². The number of halogens is 1. The quantitative estimate of drug-likeness (QED) is 0.567. The fourth-order valence-electron chi connectivity index (χ4n) is 4.09. The number of hydrogen-bond acceptors (Lipinski definition) is 7. The molecule has 0 atom stereocenters. The van der Waals surface area contributed by atoms with Crippen LogP contribution < -0.4 is 5.32 Å². The zero-order valence-electron chi connectivity index (χ0n) is 17.8. The highest BCUT2D eigenvalue weighted by Gasteiger charge is 2.26. The Morgan fingerprint density at radius 1 is 1.16 bits per heavy atom. The normalized spacial score (nSPS) is 18.9. The van der Waals surface area contributed by atoms with Gasteiger partial charge in [-0.1, -0.05) is 33.2 Å². The van der Waals surface area contributed by atoms with Crippen molar-refractivity contribution in [1.29, 1.82) is 0 Å². The van der Waals surface area contributed by atoms with Gasteiger partial charge >= 0.3 is 0 Å². The Morgan fingerprint density at radius 2 is 1.97 bits per heavy atom. The van der Waals surface area contributed by atoms with Crippen LogP contribution >= 0.6 is 15.9 Å². The second-order valence-corrected chi connectivity index (χ2v) is 9.09. The molecule has 0 aliphatic carbocycles. The lowest BCUT2D eigenvalue weighted by Crippen LogP contribution is -2.41. The predicted octanol–water partition coefficient (Wildman–Crippen LogP) is 2.55. The van der Waals surface area contributed by atoms with E-state index in [0.717, 1.165) is 81.8 Å². The van der Waals surface area contributed by atoms with Gasteiger partial charge in [0.15, 0.2) is 0 Å². The predicted molar refractivity (Wildman–Crippen MR) is 120 cm³/mol. The molecular formula is C22H30BrN5O3. The van der Waals surface area contributed by atoms with Gasteiger partial charge in [0.25, 0.3) is 0 Å². The third-order valence-electron chi connectivity index (χ3n) is 5.92. The van der Waals surface area contributed by atoms with Crippen LogP contribution in [0.4, 0.5) is 0 Å². The first-order chi connectivity index (χ1) is 15.2. The number of ether oxygens (including phenoxy) is 1. The molecule has 2 saturated heterocycles. The fraction of sp³-hybridized carbons (Fsp3) is 0.591. The number of nitrogens with one attached hydrogen (secondary N) is 1. The van der Waals surface area contributed by atoms with Crippen LogP contribution in [0.3, 0.4) is 0 Å². The summed E-state index contributed by atoms with van der Waals surface area (Å²) >= 11 is 3.47. The number of benzene rings is 1. The van der Waals surface area contributed by atoms with Crippen LogP contribution in [0.15, 0.2) is 33.3 Å². The second kappa shape index (κ2) is 11.2. The number of hydrogen-bond donors (Lipinski definition) is 1. The minimum absolute atomic E-state index is 0.0968. The Hall–Kier alpha value is -1.81. The molecule has 2 fully saturated rings. The number of carbonyl (C=O) groups excluding carboxylic acids is 1. The van der Waals surface area contributed by atoms with Gasteiger partial charge in [-0.25, -0.2) is 0 Å². The van der Waals surface area contributed by atoms with Gasteiger partial charge in [0.1, 0.15) is 0 Å². The standard InChI is InChI=1S/C22H30BrN5O3/c23-19-4-1-3-18(15-19)21-25-20(31-26-21)16-28-9-5-17(6-10-28)22(29)24-7-2-8-27-11-13-30-14-12-27/h1,3-4,15,17H,2,5-14,16H2,(H,24,29). The zero-order valence-corrected chi connectivity index (χ0v) is 19.3. The molecule has 1 amide bonds. The number of rotatable bonds is 8. The number of amides is 1. The van der Waals surface area contributed by atoms with E-state index >= 15 is 0 Å². The Morgan fingerprint density at radius 3 is 2.74 bits per heavy atom. The molecule has 1 aromatic carbocycles. The molecule has 2 aliphatic rings. The first kappa shape index (κ1) is 22.4. The molecule has 3 heterocycles. The lowest BCUT2D eigenvalue weighted by Gasteiger charge is -2.30. The summed E-state index contributed by atoms with van der Waals surface area (Å²) in [6, 6.07) is 7.85. The SMILES string of the molecule is O=C(NCCCN1CCOCC1)C1CCN(Cc2nc(-c3cccc(Br)c3)no2)CC1. The van der Waals surface area contributed by atoms with E-state index in [2.05, 4.69) is 41.2 Å². The van der Waals surface area contributed by atoms with E-state index in [4.69, 9.17) is 9.26 Å². The van der Waals surface area contributed by atoms with Crippen molar-refractivity contribution in [1.82, 2.24) is 25.3 Å². The lowest BCUT2D eigenvalue weighted by molar-refractivity contribution is -0.126. The largest absolute Gasteiger partial charge is 0.379 e. The lowest BCUT2D eigenvalue weighted by atomic mass is 9.96. The van der Waals surface area contributed by atoms with Crippen molar-refractivity contribution < 1.29 is 14.1 Å². The first-order valence-corrected chi connectivity index (χ1v) is 11.9. The summed E-state index contributed by atoms with van der Waals surface area (Å²) in [5, 5.41) is 7.23. The first-order valence-electron chi connectivity index (χ1n) is 11.1. The molecule has 2 aromatic rings. The molecule has 168 valence electrons. The van der Waals surface area contributed by atoms with E-state index in [1.807, 2.05) is 24.3 Å². The average Bonchev–Trinajstić information content (AvgIpc) is 3.26. The molecule has 2 aliphatic heterocycles. The van der Waals surface area contributed by atoms with Crippen molar-refractivity contribution in [2.45, 2.75) is 25.8 Å². The minimum atomic E-state index is 0.0968. The topological polar surface area (TPSA) is 83.7 Å². The van der Waals surface area contributed by atoms with Crippen LogP contribution in [-0.2, 0) is 16.1 Å². The molecule has 0 radical (unpaired) electrons. The van der Waals surface area contributed by atoms with Crippen LogP contribution in [0.2, 0.25) is 0 Å². The number of aromatic nitrogens is 2. The fourth-order valence-corrected chi connectivity index (χ4v) is 4.49. The Balaban J connectivity index is 1.15. The maximum atomic E-state index is 12.5. The van der Waals surface area contributed by atoms with E-state index in [9.17, 15) is 4.79 Å². The molecule has 0 spiro atoms. The van der Waals surface area contributed by atoms with Crippen molar-refractivity contribution >= 4 is 21.8 Å². The molecule has 9 heteroatoms. The Kier molecular flexibility index (Phi) is 8.07. The molecule has 8 nitrogen and oxygen atoms in total. The minimum Gasteiger partial charge on any atom is -0.379 e. The Bertz CT molecular complexity index is 847. The molecular weight excluding hydrogens is 462 g/mol. The summed E-state index contributed by atoms with van der Waals surface area (Å²) in [4.78, 5) is 21.7. The molecule has 0 saturated carbocycles. The van der Waals surface area contributed by atoms with Gasteiger partial charge in [0, 0.05) is 35.6 Å². The number of carbonyl (C=O) groups is 1. The third-order valence-corrected chi connectivity index (χ3v) is 6.42. The second-order valence-electron chi connectivity index (χ2n) is 8.17. The number of likely N-dealkylation sites (tertiary alicyclic amines) is 1. The molecule has 4 rings (SSSR count). The van der Waals surface area contributed by atoms with E-state index < -0.39 is 0 Å². The highest BCUT2D eigenvalue weighted by molar-refractivity contribution is 9.10. The van der Waals surface area contributed by atoms with E-state index in [1.54, 1.807) is 0 Å². The average molecular weight is 492 g/mol. The highest BCUT2D eigenvalue weighted by atomic mass is 79.9. The summed E-state index contributed by atoms with van der Waals surface area (Å²) in [6.45, 7) is 7.74.